The smallest absolute Gasteiger partial charge is 0.306 e. The van der Waals surface area contributed by atoms with Crippen LogP contribution in [0.1, 0.15) is 31.7 Å². The van der Waals surface area contributed by atoms with E-state index in [1.165, 1.54) is 25.1 Å². The van der Waals surface area contributed by atoms with Crippen LogP contribution in [0, 0.1) is 0 Å². The summed E-state index contributed by atoms with van der Waals surface area (Å²) >= 11 is 0. The van der Waals surface area contributed by atoms with Gasteiger partial charge < -0.3 is 19.1 Å². The standard InChI is InChI=1S/C26H29N3O6/c1-17(25(31)29-13-6-9-18-8-4-5-10-21(18)29)35-24(30)11-7-12-28-16-27-20-15-23(34-3)22(33-2)14-19(20)26(28)32/h4-5,8,10,14-17H,6-7,9,11-13H2,1-3H3. The van der Waals surface area contributed by atoms with Gasteiger partial charge in [-0.3, -0.25) is 19.0 Å². The number of fused-ring (bicyclic) bond motifs is 2. The lowest BCUT2D eigenvalue weighted by Crippen LogP contribution is -2.42. The first-order valence-electron chi connectivity index (χ1n) is 11.6. The fraction of sp³-hybridized carbons (Fsp3) is 0.385. The molecule has 3 aromatic rings. The molecule has 1 atom stereocenters. The van der Waals surface area contributed by atoms with Crippen LogP contribution in [0.4, 0.5) is 5.69 Å². The number of para-hydroxylation sites is 1. The number of hydrogen-bond acceptors (Lipinski definition) is 7. The topological polar surface area (TPSA) is 100.0 Å². The highest BCUT2D eigenvalue weighted by molar-refractivity contribution is 5.98. The Morgan fingerprint density at radius 2 is 1.86 bits per heavy atom. The Balaban J connectivity index is 1.35. The molecule has 0 saturated carbocycles. The molecule has 0 fully saturated rings. The van der Waals surface area contributed by atoms with Crippen LogP contribution in [0.5, 0.6) is 11.5 Å². The van der Waals surface area contributed by atoms with Gasteiger partial charge in [-0.05, 0) is 43.9 Å². The Morgan fingerprint density at radius 1 is 1.11 bits per heavy atom. The maximum atomic E-state index is 12.9. The lowest BCUT2D eigenvalue weighted by molar-refractivity contribution is -0.154. The normalized spacial score (nSPS) is 13.7. The van der Waals surface area contributed by atoms with Crippen molar-refractivity contribution >= 4 is 28.5 Å². The molecule has 0 saturated heterocycles. The molecule has 0 spiro atoms. The number of carbonyl (C=O) groups excluding carboxylic acids is 2. The van der Waals surface area contributed by atoms with E-state index in [-0.39, 0.29) is 24.4 Å². The summed E-state index contributed by atoms with van der Waals surface area (Å²) in [5.74, 6) is 0.216. The van der Waals surface area contributed by atoms with Gasteiger partial charge in [0.1, 0.15) is 0 Å². The Labute approximate surface area is 203 Å². The first-order chi connectivity index (χ1) is 16.9. The van der Waals surface area contributed by atoms with Crippen molar-refractivity contribution in [1.29, 1.82) is 0 Å². The molecule has 1 aromatic heterocycles. The number of aryl methyl sites for hydroxylation is 2. The van der Waals surface area contributed by atoms with Crippen molar-refractivity contribution in [3.63, 3.8) is 0 Å². The Hall–Kier alpha value is -3.88. The zero-order chi connectivity index (χ0) is 24.9. The molecular formula is C26H29N3O6. The zero-order valence-electron chi connectivity index (χ0n) is 20.2. The first-order valence-corrected chi connectivity index (χ1v) is 11.6. The van der Waals surface area contributed by atoms with Crippen LogP contribution < -0.4 is 19.9 Å². The van der Waals surface area contributed by atoms with Crippen LogP contribution in [-0.4, -0.2) is 48.3 Å². The summed E-state index contributed by atoms with van der Waals surface area (Å²) in [4.78, 5) is 44.2. The molecule has 0 aliphatic carbocycles. The first kappa shape index (κ1) is 24.3. The molecule has 4 rings (SSSR count). The third kappa shape index (κ3) is 5.13. The van der Waals surface area contributed by atoms with Crippen molar-refractivity contribution in [3.8, 4) is 11.5 Å². The predicted molar refractivity (Wildman–Crippen MR) is 131 cm³/mol. The molecule has 2 aromatic carbocycles. The molecule has 0 radical (unpaired) electrons. The van der Waals surface area contributed by atoms with Crippen molar-refractivity contribution in [1.82, 2.24) is 9.55 Å². The van der Waals surface area contributed by atoms with E-state index >= 15 is 0 Å². The van der Waals surface area contributed by atoms with E-state index in [9.17, 15) is 14.4 Å². The van der Waals surface area contributed by atoms with Gasteiger partial charge in [0.05, 0.1) is 31.4 Å². The van der Waals surface area contributed by atoms with Crippen molar-refractivity contribution in [2.75, 3.05) is 25.7 Å². The molecule has 9 heteroatoms. The summed E-state index contributed by atoms with van der Waals surface area (Å²) in [6, 6.07) is 11.0. The number of anilines is 1. The van der Waals surface area contributed by atoms with Crippen molar-refractivity contribution in [2.24, 2.45) is 0 Å². The number of benzene rings is 2. The molecule has 1 aliphatic heterocycles. The van der Waals surface area contributed by atoms with Crippen molar-refractivity contribution in [3.05, 3.63) is 58.6 Å². The highest BCUT2D eigenvalue weighted by Crippen LogP contribution is 2.30. The second-order valence-corrected chi connectivity index (χ2v) is 8.43. The predicted octanol–water partition coefficient (Wildman–Crippen LogP) is 3.11. The van der Waals surface area contributed by atoms with Crippen LogP contribution in [0.15, 0.2) is 47.5 Å². The van der Waals surface area contributed by atoms with E-state index in [4.69, 9.17) is 14.2 Å². The van der Waals surface area contributed by atoms with E-state index < -0.39 is 12.1 Å². The summed E-state index contributed by atoms with van der Waals surface area (Å²) < 4.78 is 17.4. The molecule has 0 bridgehead atoms. The van der Waals surface area contributed by atoms with Crippen molar-refractivity contribution in [2.45, 2.75) is 45.3 Å². The average Bonchev–Trinajstić information content (AvgIpc) is 2.88. The van der Waals surface area contributed by atoms with Gasteiger partial charge >= 0.3 is 5.97 Å². The Morgan fingerprint density at radius 3 is 2.63 bits per heavy atom. The number of hydrogen-bond donors (Lipinski definition) is 0. The van der Waals surface area contributed by atoms with Crippen LogP contribution in [0.25, 0.3) is 10.9 Å². The quantitative estimate of drug-likeness (QED) is 0.458. The minimum Gasteiger partial charge on any atom is -0.493 e. The van der Waals surface area contributed by atoms with Gasteiger partial charge in [-0.25, -0.2) is 4.98 Å². The number of amides is 1. The van der Waals surface area contributed by atoms with Crippen molar-refractivity contribution < 1.29 is 23.8 Å². The number of esters is 1. The number of aromatic nitrogens is 2. The zero-order valence-corrected chi connectivity index (χ0v) is 20.2. The van der Waals surface area contributed by atoms with E-state index in [0.717, 1.165) is 24.1 Å². The SMILES string of the molecule is COc1cc2ncn(CCCC(=O)OC(C)C(=O)N3CCCc4ccccc43)c(=O)c2cc1OC. The third-order valence-corrected chi connectivity index (χ3v) is 6.14. The maximum absolute atomic E-state index is 12.9. The molecule has 184 valence electrons. The number of nitrogens with zero attached hydrogens (tertiary/aromatic N) is 3. The number of ether oxygens (including phenoxy) is 3. The molecule has 2 heterocycles. The number of methoxy groups -OCH3 is 2. The molecule has 1 amide bonds. The fourth-order valence-electron chi connectivity index (χ4n) is 4.33. The maximum Gasteiger partial charge on any atom is 0.306 e. The molecule has 35 heavy (non-hydrogen) atoms. The lowest BCUT2D eigenvalue weighted by Gasteiger charge is -2.31. The summed E-state index contributed by atoms with van der Waals surface area (Å²) in [6.07, 6.45) is 2.80. The average molecular weight is 480 g/mol. The molecule has 1 aliphatic rings. The Kier molecular flexibility index (Phi) is 7.33. The lowest BCUT2D eigenvalue weighted by atomic mass is 10.0. The third-order valence-electron chi connectivity index (χ3n) is 6.14. The minimum atomic E-state index is -0.888. The summed E-state index contributed by atoms with van der Waals surface area (Å²) in [7, 11) is 3.02. The van der Waals surface area contributed by atoms with Gasteiger partial charge in [-0.2, -0.15) is 0 Å². The minimum absolute atomic E-state index is 0.0740. The van der Waals surface area contributed by atoms with E-state index in [1.54, 1.807) is 24.0 Å². The van der Waals surface area contributed by atoms with Gasteiger partial charge in [0.25, 0.3) is 11.5 Å². The van der Waals surface area contributed by atoms with E-state index in [2.05, 4.69) is 4.98 Å². The Bertz CT molecular complexity index is 1300. The van der Waals surface area contributed by atoms with Crippen LogP contribution >= 0.6 is 0 Å². The molecule has 9 nitrogen and oxygen atoms in total. The molecule has 0 N–H and O–H groups in total. The van der Waals surface area contributed by atoms with Gasteiger partial charge in [0.2, 0.25) is 0 Å². The van der Waals surface area contributed by atoms with Gasteiger partial charge in [-0.1, -0.05) is 18.2 Å². The molecule has 1 unspecified atom stereocenters. The fourth-order valence-corrected chi connectivity index (χ4v) is 4.33. The second kappa shape index (κ2) is 10.6. The van der Waals surface area contributed by atoms with E-state index in [0.29, 0.717) is 35.4 Å². The van der Waals surface area contributed by atoms with Gasteiger partial charge in [0.15, 0.2) is 17.6 Å². The number of carbonyl (C=O) groups is 2. The number of rotatable bonds is 8. The van der Waals surface area contributed by atoms with Crippen LogP contribution in [0.2, 0.25) is 0 Å². The van der Waals surface area contributed by atoms with Crippen LogP contribution in [-0.2, 0) is 27.3 Å². The largest absolute Gasteiger partial charge is 0.493 e. The second-order valence-electron chi connectivity index (χ2n) is 8.43. The van der Waals surface area contributed by atoms with Crippen LogP contribution in [0.3, 0.4) is 0 Å². The molecular weight excluding hydrogens is 450 g/mol. The highest BCUT2D eigenvalue weighted by atomic mass is 16.5. The summed E-state index contributed by atoms with van der Waals surface area (Å²) in [5, 5.41) is 0.397. The van der Waals surface area contributed by atoms with Gasteiger partial charge in [-0.15, -0.1) is 0 Å². The summed E-state index contributed by atoms with van der Waals surface area (Å²) in [5.41, 5.74) is 2.26. The van der Waals surface area contributed by atoms with E-state index in [1.807, 2.05) is 24.3 Å². The van der Waals surface area contributed by atoms with Gasteiger partial charge in [0, 0.05) is 31.3 Å². The summed E-state index contributed by atoms with van der Waals surface area (Å²) in [6.45, 7) is 2.48. The highest BCUT2D eigenvalue weighted by Gasteiger charge is 2.28. The monoisotopic (exact) mass is 479 g/mol.